The first-order chi connectivity index (χ1) is 12.2. The highest BCUT2D eigenvalue weighted by atomic mass is 32.2. The number of hydrogen-bond acceptors (Lipinski definition) is 4. The van der Waals surface area contributed by atoms with Crippen molar-refractivity contribution >= 4 is 15.9 Å². The van der Waals surface area contributed by atoms with Crippen molar-refractivity contribution in [1.29, 1.82) is 0 Å². The zero-order chi connectivity index (χ0) is 18.9. The molecule has 2 fully saturated rings. The molecule has 1 amide bonds. The van der Waals surface area contributed by atoms with Crippen LogP contribution in [0.2, 0.25) is 0 Å². The van der Waals surface area contributed by atoms with Crippen molar-refractivity contribution in [2.24, 2.45) is 5.41 Å². The summed E-state index contributed by atoms with van der Waals surface area (Å²) in [5, 5.41) is 0. The molecule has 2 aliphatic heterocycles. The molecule has 1 aromatic rings. The zero-order valence-electron chi connectivity index (χ0n) is 15.9. The molecule has 1 aromatic carbocycles. The molecule has 2 saturated heterocycles. The molecule has 6 nitrogen and oxygen atoms in total. The normalized spacial score (nSPS) is 24.9. The fourth-order valence-electron chi connectivity index (χ4n) is 4.07. The molecule has 0 aliphatic carbocycles. The van der Waals surface area contributed by atoms with Crippen molar-refractivity contribution in [3.8, 4) is 0 Å². The number of sulfonamides is 1. The summed E-state index contributed by atoms with van der Waals surface area (Å²) in [4.78, 5) is 16.2. The molecule has 0 N–H and O–H groups in total. The van der Waals surface area contributed by atoms with E-state index in [1.165, 1.54) is 0 Å². The van der Waals surface area contributed by atoms with Gasteiger partial charge in [0.25, 0.3) is 0 Å². The molecule has 0 aromatic heterocycles. The maximum atomic E-state index is 13.0. The SMILES string of the molecule is Cc1ccc(S(=O)(=O)N2CC[C@]3(CCCN(CC(=O)N(C)C)C3)C2)cc1. The zero-order valence-corrected chi connectivity index (χ0v) is 16.8. The molecule has 7 heteroatoms. The summed E-state index contributed by atoms with van der Waals surface area (Å²) in [7, 11) is 0.0975. The van der Waals surface area contributed by atoms with Gasteiger partial charge in [-0.15, -0.1) is 0 Å². The number of aryl methyl sites for hydroxylation is 1. The summed E-state index contributed by atoms with van der Waals surface area (Å²) in [5.74, 6) is 0.101. The van der Waals surface area contributed by atoms with Crippen molar-refractivity contribution in [2.75, 3.05) is 46.8 Å². The summed E-state index contributed by atoms with van der Waals surface area (Å²) >= 11 is 0. The van der Waals surface area contributed by atoms with Crippen LogP contribution in [-0.2, 0) is 14.8 Å². The number of carbonyl (C=O) groups is 1. The van der Waals surface area contributed by atoms with Gasteiger partial charge in [-0.3, -0.25) is 9.69 Å². The van der Waals surface area contributed by atoms with Crippen LogP contribution in [0.5, 0.6) is 0 Å². The van der Waals surface area contributed by atoms with E-state index in [2.05, 4.69) is 4.90 Å². The topological polar surface area (TPSA) is 60.9 Å². The Morgan fingerprint density at radius 3 is 2.46 bits per heavy atom. The Morgan fingerprint density at radius 2 is 1.81 bits per heavy atom. The van der Waals surface area contributed by atoms with Crippen LogP contribution in [-0.4, -0.2) is 75.2 Å². The molecule has 1 spiro atoms. The first-order valence-corrected chi connectivity index (χ1v) is 10.7. The van der Waals surface area contributed by atoms with Crippen LogP contribution in [0, 0.1) is 12.3 Å². The van der Waals surface area contributed by atoms with E-state index in [1.807, 2.05) is 19.1 Å². The van der Waals surface area contributed by atoms with E-state index in [-0.39, 0.29) is 11.3 Å². The Labute approximate surface area is 156 Å². The van der Waals surface area contributed by atoms with Crippen LogP contribution in [0.15, 0.2) is 29.2 Å². The van der Waals surface area contributed by atoms with Crippen molar-refractivity contribution in [1.82, 2.24) is 14.1 Å². The van der Waals surface area contributed by atoms with Gasteiger partial charge < -0.3 is 4.90 Å². The number of carbonyl (C=O) groups excluding carboxylic acids is 1. The minimum Gasteiger partial charge on any atom is -0.348 e. The highest BCUT2D eigenvalue weighted by Crippen LogP contribution is 2.40. The number of nitrogens with zero attached hydrogens (tertiary/aromatic N) is 3. The quantitative estimate of drug-likeness (QED) is 0.797. The summed E-state index contributed by atoms with van der Waals surface area (Å²) in [6, 6.07) is 7.07. The molecule has 2 heterocycles. The average molecular weight is 380 g/mol. The lowest BCUT2D eigenvalue weighted by molar-refractivity contribution is -0.130. The van der Waals surface area contributed by atoms with Gasteiger partial charge in [-0.2, -0.15) is 4.31 Å². The fraction of sp³-hybridized carbons (Fsp3) is 0.632. The van der Waals surface area contributed by atoms with Crippen LogP contribution in [0.25, 0.3) is 0 Å². The molecule has 2 aliphatic rings. The van der Waals surface area contributed by atoms with Gasteiger partial charge in [0, 0.05) is 33.7 Å². The fourth-order valence-corrected chi connectivity index (χ4v) is 5.62. The minimum atomic E-state index is -3.45. The van der Waals surface area contributed by atoms with Crippen LogP contribution in [0.1, 0.15) is 24.8 Å². The number of likely N-dealkylation sites (N-methyl/N-ethyl adjacent to an activating group) is 1. The summed E-state index contributed by atoms with van der Waals surface area (Å²) in [6.45, 7) is 5.19. The Bertz CT molecular complexity index is 761. The van der Waals surface area contributed by atoms with E-state index >= 15 is 0 Å². The third-order valence-corrected chi connectivity index (χ3v) is 7.52. The van der Waals surface area contributed by atoms with E-state index < -0.39 is 10.0 Å². The van der Waals surface area contributed by atoms with Crippen molar-refractivity contribution in [3.05, 3.63) is 29.8 Å². The lowest BCUT2D eigenvalue weighted by Crippen LogP contribution is -2.48. The largest absolute Gasteiger partial charge is 0.348 e. The third kappa shape index (κ3) is 3.94. The van der Waals surface area contributed by atoms with E-state index in [0.29, 0.717) is 24.5 Å². The van der Waals surface area contributed by atoms with Crippen LogP contribution in [0.4, 0.5) is 0 Å². The summed E-state index contributed by atoms with van der Waals surface area (Å²) in [5.41, 5.74) is 1.03. The third-order valence-electron chi connectivity index (χ3n) is 5.66. The molecule has 0 bridgehead atoms. The molecule has 0 saturated carbocycles. The maximum absolute atomic E-state index is 13.0. The predicted octanol–water partition coefficient (Wildman–Crippen LogP) is 1.56. The summed E-state index contributed by atoms with van der Waals surface area (Å²) < 4.78 is 27.6. The van der Waals surface area contributed by atoms with Gasteiger partial charge >= 0.3 is 0 Å². The van der Waals surface area contributed by atoms with Crippen molar-refractivity contribution in [3.63, 3.8) is 0 Å². The standard InChI is InChI=1S/C19H29N3O3S/c1-16-5-7-17(8-6-16)26(24,25)22-12-10-19(15-22)9-4-11-21(14-19)13-18(23)20(2)3/h5-8H,4,9-15H2,1-3H3/t19-/m0/s1. The second-order valence-electron chi connectivity index (χ2n) is 8.00. The number of amides is 1. The second-order valence-corrected chi connectivity index (χ2v) is 9.94. The van der Waals surface area contributed by atoms with Gasteiger partial charge in [-0.25, -0.2) is 8.42 Å². The number of rotatable bonds is 4. The van der Waals surface area contributed by atoms with Crippen LogP contribution < -0.4 is 0 Å². The van der Waals surface area contributed by atoms with E-state index in [1.54, 1.807) is 35.4 Å². The first kappa shape index (κ1) is 19.3. The average Bonchev–Trinajstić information content (AvgIpc) is 2.99. The van der Waals surface area contributed by atoms with E-state index in [4.69, 9.17) is 0 Å². The van der Waals surface area contributed by atoms with Gasteiger partial charge in [0.2, 0.25) is 15.9 Å². The Hall–Kier alpha value is -1.44. The van der Waals surface area contributed by atoms with Gasteiger partial charge in [0.05, 0.1) is 11.4 Å². The molecule has 0 unspecified atom stereocenters. The van der Waals surface area contributed by atoms with Crippen LogP contribution in [0.3, 0.4) is 0 Å². The molecule has 144 valence electrons. The molecule has 0 radical (unpaired) electrons. The Kier molecular flexibility index (Phi) is 5.42. The van der Waals surface area contributed by atoms with Crippen molar-refractivity contribution in [2.45, 2.75) is 31.1 Å². The second kappa shape index (κ2) is 7.29. The highest BCUT2D eigenvalue weighted by molar-refractivity contribution is 7.89. The smallest absolute Gasteiger partial charge is 0.243 e. The van der Waals surface area contributed by atoms with Gasteiger partial charge in [0.1, 0.15) is 0 Å². The maximum Gasteiger partial charge on any atom is 0.243 e. The number of benzene rings is 1. The number of piperidine rings is 1. The summed E-state index contributed by atoms with van der Waals surface area (Å²) in [6.07, 6.45) is 2.91. The van der Waals surface area contributed by atoms with Crippen LogP contribution >= 0.6 is 0 Å². The van der Waals surface area contributed by atoms with E-state index in [9.17, 15) is 13.2 Å². The predicted molar refractivity (Wildman–Crippen MR) is 101 cm³/mol. The lowest BCUT2D eigenvalue weighted by Gasteiger charge is -2.40. The Morgan fingerprint density at radius 1 is 1.12 bits per heavy atom. The van der Waals surface area contributed by atoms with Gasteiger partial charge in [-0.1, -0.05) is 17.7 Å². The number of likely N-dealkylation sites (tertiary alicyclic amines) is 1. The lowest BCUT2D eigenvalue weighted by atomic mass is 9.79. The molecule has 1 atom stereocenters. The monoisotopic (exact) mass is 379 g/mol. The first-order valence-electron chi connectivity index (χ1n) is 9.21. The Balaban J connectivity index is 1.70. The molecule has 3 rings (SSSR count). The highest BCUT2D eigenvalue weighted by Gasteiger charge is 2.45. The molecular weight excluding hydrogens is 350 g/mol. The van der Waals surface area contributed by atoms with E-state index in [0.717, 1.165) is 37.9 Å². The molecule has 26 heavy (non-hydrogen) atoms. The number of hydrogen-bond donors (Lipinski definition) is 0. The van der Waals surface area contributed by atoms with Gasteiger partial charge in [0.15, 0.2) is 0 Å². The minimum absolute atomic E-state index is 0.0252. The van der Waals surface area contributed by atoms with Crippen molar-refractivity contribution < 1.29 is 13.2 Å². The van der Waals surface area contributed by atoms with Gasteiger partial charge in [-0.05, 0) is 50.3 Å². The molecular formula is C19H29N3O3S.